The minimum absolute atomic E-state index is 0.241. The summed E-state index contributed by atoms with van der Waals surface area (Å²) in [4.78, 5) is 15.1. The molecule has 0 unspecified atom stereocenters. The summed E-state index contributed by atoms with van der Waals surface area (Å²) < 4.78 is 7.95. The minimum atomic E-state index is -0.949. The molecule has 17 heavy (non-hydrogen) atoms. The van der Waals surface area contributed by atoms with Crippen LogP contribution in [0.15, 0.2) is 22.9 Å². The molecule has 90 valence electrons. The van der Waals surface area contributed by atoms with Crippen LogP contribution in [0.3, 0.4) is 0 Å². The number of halogens is 1. The topological polar surface area (TPSA) is 68.3 Å². The van der Waals surface area contributed by atoms with Crippen molar-refractivity contribution in [1.82, 2.24) is 9.55 Å². The van der Waals surface area contributed by atoms with Crippen LogP contribution in [0, 0.1) is 3.57 Å². The van der Waals surface area contributed by atoms with E-state index in [9.17, 15) is 4.79 Å². The van der Waals surface area contributed by atoms with Crippen molar-refractivity contribution in [3.8, 4) is 0 Å². The van der Waals surface area contributed by atoms with Gasteiger partial charge in [0.05, 0.1) is 12.7 Å². The Morgan fingerprint density at radius 2 is 2.41 bits per heavy atom. The zero-order valence-corrected chi connectivity index (χ0v) is 11.3. The fraction of sp³-hybridized carbons (Fsp3) is 0.273. The maximum atomic E-state index is 11.0. The van der Waals surface area contributed by atoms with Crippen LogP contribution < -0.4 is 0 Å². The molecule has 0 bridgehead atoms. The summed E-state index contributed by atoms with van der Waals surface area (Å²) in [5, 5.41) is 9.03. The lowest BCUT2D eigenvalue weighted by atomic mass is 10.4. The van der Waals surface area contributed by atoms with Crippen molar-refractivity contribution < 1.29 is 14.3 Å². The Labute approximate surface area is 112 Å². The first-order valence-electron chi connectivity index (χ1n) is 5.12. The number of carboxylic acid groups (broad SMARTS) is 1. The molecule has 2 aromatic heterocycles. The number of rotatable bonds is 4. The first-order chi connectivity index (χ1) is 8.10. The van der Waals surface area contributed by atoms with E-state index in [1.54, 1.807) is 23.0 Å². The Morgan fingerprint density at radius 3 is 3.00 bits per heavy atom. The van der Waals surface area contributed by atoms with Gasteiger partial charge in [-0.25, -0.2) is 9.78 Å². The summed E-state index contributed by atoms with van der Waals surface area (Å²) in [5.41, 5.74) is 0.241. The first kappa shape index (κ1) is 12.2. The van der Waals surface area contributed by atoms with Gasteiger partial charge in [0.25, 0.3) is 0 Å². The van der Waals surface area contributed by atoms with Crippen molar-refractivity contribution in [2.45, 2.75) is 19.9 Å². The van der Waals surface area contributed by atoms with Crippen LogP contribution in [0.1, 0.15) is 29.1 Å². The van der Waals surface area contributed by atoms with Crippen LogP contribution in [-0.2, 0) is 13.0 Å². The van der Waals surface area contributed by atoms with Gasteiger partial charge in [-0.1, -0.05) is 6.92 Å². The fourth-order valence-electron chi connectivity index (χ4n) is 1.51. The van der Waals surface area contributed by atoms with E-state index in [1.807, 2.05) is 6.92 Å². The van der Waals surface area contributed by atoms with Gasteiger partial charge < -0.3 is 14.1 Å². The van der Waals surface area contributed by atoms with Crippen LogP contribution in [0.25, 0.3) is 0 Å². The number of oxazole rings is 1. The maximum absolute atomic E-state index is 11.0. The Bertz CT molecular complexity index is 545. The molecule has 0 fully saturated rings. The number of aryl methyl sites for hydroxylation is 1. The van der Waals surface area contributed by atoms with E-state index in [0.717, 1.165) is 15.8 Å². The van der Waals surface area contributed by atoms with Crippen molar-refractivity contribution in [2.24, 2.45) is 0 Å². The first-order valence-corrected chi connectivity index (χ1v) is 6.20. The second-order valence-electron chi connectivity index (χ2n) is 3.55. The monoisotopic (exact) mass is 346 g/mol. The Morgan fingerprint density at radius 1 is 1.65 bits per heavy atom. The van der Waals surface area contributed by atoms with Crippen molar-refractivity contribution in [3.05, 3.63) is 39.4 Å². The number of carboxylic acids is 1. The molecule has 0 spiro atoms. The van der Waals surface area contributed by atoms with Gasteiger partial charge in [0, 0.05) is 16.2 Å². The second-order valence-corrected chi connectivity index (χ2v) is 4.80. The third-order valence-electron chi connectivity index (χ3n) is 2.34. The van der Waals surface area contributed by atoms with Gasteiger partial charge in [0.2, 0.25) is 5.89 Å². The Hall–Kier alpha value is -1.31. The molecular weight excluding hydrogens is 335 g/mol. The van der Waals surface area contributed by atoms with E-state index in [0.29, 0.717) is 12.4 Å². The summed E-state index contributed by atoms with van der Waals surface area (Å²) >= 11 is 2.08. The lowest BCUT2D eigenvalue weighted by Gasteiger charge is -2.02. The highest BCUT2D eigenvalue weighted by Crippen LogP contribution is 2.14. The molecule has 0 aromatic carbocycles. The minimum Gasteiger partial charge on any atom is -0.477 e. The number of aromatic carboxylic acids is 1. The number of carbonyl (C=O) groups is 1. The molecule has 2 heterocycles. The SMILES string of the molecule is CCc1cnc(Cn2cc(I)cc2C(=O)O)o1. The maximum Gasteiger partial charge on any atom is 0.352 e. The van der Waals surface area contributed by atoms with E-state index in [4.69, 9.17) is 9.52 Å². The van der Waals surface area contributed by atoms with Crippen molar-refractivity contribution in [2.75, 3.05) is 0 Å². The van der Waals surface area contributed by atoms with E-state index in [1.165, 1.54) is 0 Å². The number of hydrogen-bond acceptors (Lipinski definition) is 3. The average Bonchev–Trinajstić information content (AvgIpc) is 2.85. The third-order valence-corrected chi connectivity index (χ3v) is 2.93. The molecule has 2 rings (SSSR count). The molecule has 5 nitrogen and oxygen atoms in total. The molecule has 0 saturated carbocycles. The van der Waals surface area contributed by atoms with Crippen molar-refractivity contribution in [1.29, 1.82) is 0 Å². The molecule has 0 amide bonds. The number of nitrogens with zero attached hydrogens (tertiary/aromatic N) is 2. The predicted molar refractivity (Wildman–Crippen MR) is 69.1 cm³/mol. The van der Waals surface area contributed by atoms with Crippen molar-refractivity contribution >= 4 is 28.6 Å². The molecule has 6 heteroatoms. The number of hydrogen-bond donors (Lipinski definition) is 1. The second kappa shape index (κ2) is 4.91. The van der Waals surface area contributed by atoms with E-state index < -0.39 is 5.97 Å². The summed E-state index contributed by atoms with van der Waals surface area (Å²) in [6, 6.07) is 1.62. The van der Waals surface area contributed by atoms with Gasteiger partial charge in [-0.15, -0.1) is 0 Å². The highest BCUT2D eigenvalue weighted by Gasteiger charge is 2.13. The quantitative estimate of drug-likeness (QED) is 0.864. The van der Waals surface area contributed by atoms with Crippen LogP contribution in [0.4, 0.5) is 0 Å². The molecule has 0 aliphatic rings. The van der Waals surface area contributed by atoms with Gasteiger partial charge in [-0.2, -0.15) is 0 Å². The molecular formula is C11H11IN2O3. The Balaban J connectivity index is 2.26. The normalized spacial score (nSPS) is 10.7. The van der Waals surface area contributed by atoms with Crippen LogP contribution in [0.5, 0.6) is 0 Å². The summed E-state index contributed by atoms with van der Waals surface area (Å²) in [5.74, 6) is 0.380. The Kier molecular flexibility index (Phi) is 3.51. The number of aromatic nitrogens is 2. The molecule has 0 aliphatic carbocycles. The van der Waals surface area contributed by atoms with Crippen LogP contribution >= 0.6 is 22.6 Å². The van der Waals surface area contributed by atoms with Gasteiger partial charge >= 0.3 is 5.97 Å². The lowest BCUT2D eigenvalue weighted by molar-refractivity contribution is 0.0685. The molecule has 1 N–H and O–H groups in total. The van der Waals surface area contributed by atoms with E-state index in [-0.39, 0.29) is 5.69 Å². The average molecular weight is 346 g/mol. The third kappa shape index (κ3) is 2.68. The highest BCUT2D eigenvalue weighted by molar-refractivity contribution is 14.1. The standard InChI is InChI=1S/C11H11IN2O3/c1-2-8-4-13-10(17-8)6-14-5-7(12)3-9(14)11(15)16/h3-5H,2,6H2,1H3,(H,15,16). The van der Waals surface area contributed by atoms with E-state index >= 15 is 0 Å². The zero-order valence-electron chi connectivity index (χ0n) is 9.18. The van der Waals surface area contributed by atoms with E-state index in [2.05, 4.69) is 27.6 Å². The van der Waals surface area contributed by atoms with Gasteiger partial charge in [0.15, 0.2) is 0 Å². The summed E-state index contributed by atoms with van der Waals surface area (Å²) in [7, 11) is 0. The largest absolute Gasteiger partial charge is 0.477 e. The molecule has 0 atom stereocenters. The fourth-order valence-corrected chi connectivity index (χ4v) is 2.15. The van der Waals surface area contributed by atoms with Gasteiger partial charge in [-0.3, -0.25) is 0 Å². The highest BCUT2D eigenvalue weighted by atomic mass is 127. The zero-order chi connectivity index (χ0) is 12.4. The lowest BCUT2D eigenvalue weighted by Crippen LogP contribution is -2.08. The molecule has 0 radical (unpaired) electrons. The van der Waals surface area contributed by atoms with Crippen LogP contribution in [0.2, 0.25) is 0 Å². The molecule has 2 aromatic rings. The predicted octanol–water partition coefficient (Wildman–Crippen LogP) is 2.39. The summed E-state index contributed by atoms with van der Waals surface area (Å²) in [6.07, 6.45) is 4.21. The molecule has 0 aliphatic heterocycles. The van der Waals surface area contributed by atoms with Crippen LogP contribution in [-0.4, -0.2) is 20.6 Å². The van der Waals surface area contributed by atoms with Gasteiger partial charge in [-0.05, 0) is 28.7 Å². The van der Waals surface area contributed by atoms with Gasteiger partial charge in [0.1, 0.15) is 11.5 Å². The van der Waals surface area contributed by atoms with Crippen molar-refractivity contribution in [3.63, 3.8) is 0 Å². The smallest absolute Gasteiger partial charge is 0.352 e. The molecule has 0 saturated heterocycles. The summed E-state index contributed by atoms with van der Waals surface area (Å²) in [6.45, 7) is 2.32.